The molecule has 1 aliphatic rings. The van der Waals surface area contributed by atoms with Gasteiger partial charge in [-0.2, -0.15) is 0 Å². The number of hydrogen-bond acceptors (Lipinski definition) is 2. The molecule has 2 aromatic rings. The lowest BCUT2D eigenvalue weighted by molar-refractivity contribution is 0.0710. The Balaban J connectivity index is 1.72. The maximum atomic E-state index is 12.2. The Kier molecular flexibility index (Phi) is 3.25. The summed E-state index contributed by atoms with van der Waals surface area (Å²) in [4.78, 5) is 15.3. The third kappa shape index (κ3) is 2.49. The van der Waals surface area contributed by atoms with E-state index < -0.39 is 0 Å². The maximum Gasteiger partial charge on any atom is 0.268 e. The van der Waals surface area contributed by atoms with Gasteiger partial charge in [0.05, 0.1) is 12.1 Å². The van der Waals surface area contributed by atoms with Crippen LogP contribution in [0.2, 0.25) is 0 Å². The van der Waals surface area contributed by atoms with Gasteiger partial charge in [0.1, 0.15) is 5.69 Å². The first-order valence-electron chi connectivity index (χ1n) is 6.74. The van der Waals surface area contributed by atoms with Crippen LogP contribution in [0.4, 0.5) is 0 Å². The quantitative estimate of drug-likeness (QED) is 0.888. The van der Waals surface area contributed by atoms with Gasteiger partial charge in [-0.1, -0.05) is 18.2 Å². The normalized spacial score (nSPS) is 20.6. The van der Waals surface area contributed by atoms with E-state index in [2.05, 4.69) is 10.3 Å². The number of benzene rings is 1. The van der Waals surface area contributed by atoms with Gasteiger partial charge in [-0.3, -0.25) is 4.79 Å². The number of H-pyrrole nitrogens is 1. The Morgan fingerprint density at radius 3 is 3.05 bits per heavy atom. The first kappa shape index (κ1) is 12.2. The molecular formula is C15H18N2O2. The van der Waals surface area contributed by atoms with Crippen molar-refractivity contribution >= 4 is 16.8 Å². The Hall–Kier alpha value is -1.81. The summed E-state index contributed by atoms with van der Waals surface area (Å²) in [6, 6.07) is 9.80. The third-order valence-corrected chi connectivity index (χ3v) is 3.66. The minimum Gasteiger partial charge on any atom is -0.376 e. The number of fused-ring (bicyclic) bond motifs is 1. The van der Waals surface area contributed by atoms with Crippen molar-refractivity contribution < 1.29 is 9.53 Å². The lowest BCUT2D eigenvalue weighted by Crippen LogP contribution is -2.40. The van der Waals surface area contributed by atoms with E-state index >= 15 is 0 Å². The fourth-order valence-electron chi connectivity index (χ4n) is 2.57. The highest BCUT2D eigenvalue weighted by Gasteiger charge is 2.24. The lowest BCUT2D eigenvalue weighted by atomic mass is 10.1. The van der Waals surface area contributed by atoms with Gasteiger partial charge in [-0.05, 0) is 31.9 Å². The van der Waals surface area contributed by atoms with Crippen molar-refractivity contribution in [3.63, 3.8) is 0 Å². The average Bonchev–Trinajstić information content (AvgIpc) is 3.07. The molecule has 0 radical (unpaired) electrons. The second-order valence-electron chi connectivity index (χ2n) is 5.08. The molecule has 2 N–H and O–H groups in total. The highest BCUT2D eigenvalue weighted by Crippen LogP contribution is 2.17. The Labute approximate surface area is 112 Å². The first-order valence-corrected chi connectivity index (χ1v) is 6.74. The van der Waals surface area contributed by atoms with E-state index in [9.17, 15) is 4.79 Å². The number of carbonyl (C=O) groups is 1. The SMILES string of the molecule is CC(NC(=O)c1cc2ccccc2[nH]1)C1CCCO1. The van der Waals surface area contributed by atoms with E-state index in [-0.39, 0.29) is 18.1 Å². The van der Waals surface area contributed by atoms with Gasteiger partial charge in [-0.15, -0.1) is 0 Å². The van der Waals surface area contributed by atoms with Crippen molar-refractivity contribution in [2.24, 2.45) is 0 Å². The van der Waals surface area contributed by atoms with E-state index in [4.69, 9.17) is 4.74 Å². The smallest absolute Gasteiger partial charge is 0.268 e. The van der Waals surface area contributed by atoms with Crippen LogP contribution >= 0.6 is 0 Å². The molecule has 0 bridgehead atoms. The summed E-state index contributed by atoms with van der Waals surface area (Å²) in [6.07, 6.45) is 2.25. The van der Waals surface area contributed by atoms with Crippen LogP contribution in [0.3, 0.4) is 0 Å². The molecule has 1 saturated heterocycles. The van der Waals surface area contributed by atoms with Crippen molar-refractivity contribution in [2.45, 2.75) is 31.9 Å². The minimum atomic E-state index is -0.0702. The van der Waals surface area contributed by atoms with Gasteiger partial charge in [0.15, 0.2) is 0 Å². The Morgan fingerprint density at radius 2 is 2.32 bits per heavy atom. The van der Waals surface area contributed by atoms with Gasteiger partial charge in [-0.25, -0.2) is 0 Å². The van der Waals surface area contributed by atoms with Crippen LogP contribution in [0.15, 0.2) is 30.3 Å². The average molecular weight is 258 g/mol. The summed E-state index contributed by atoms with van der Waals surface area (Å²) < 4.78 is 5.59. The number of rotatable bonds is 3. The molecule has 2 unspecified atom stereocenters. The highest BCUT2D eigenvalue weighted by atomic mass is 16.5. The molecule has 2 heterocycles. The zero-order valence-corrected chi connectivity index (χ0v) is 11.0. The second-order valence-corrected chi connectivity index (χ2v) is 5.08. The summed E-state index contributed by atoms with van der Waals surface area (Å²) in [7, 11) is 0. The fourth-order valence-corrected chi connectivity index (χ4v) is 2.57. The van der Waals surface area contributed by atoms with Crippen LogP contribution in [-0.2, 0) is 4.74 Å². The molecule has 0 aliphatic carbocycles. The van der Waals surface area contributed by atoms with Crippen molar-refractivity contribution in [1.29, 1.82) is 0 Å². The van der Waals surface area contributed by atoms with Crippen molar-refractivity contribution in [1.82, 2.24) is 10.3 Å². The number of para-hydroxylation sites is 1. The van der Waals surface area contributed by atoms with E-state index in [0.717, 1.165) is 30.4 Å². The molecule has 1 aromatic carbocycles. The van der Waals surface area contributed by atoms with E-state index in [1.165, 1.54) is 0 Å². The van der Waals surface area contributed by atoms with Gasteiger partial charge in [0.25, 0.3) is 5.91 Å². The summed E-state index contributed by atoms with van der Waals surface area (Å²) in [5.74, 6) is -0.0702. The highest BCUT2D eigenvalue weighted by molar-refractivity contribution is 5.98. The third-order valence-electron chi connectivity index (χ3n) is 3.66. The molecule has 1 amide bonds. The van der Waals surface area contributed by atoms with Crippen LogP contribution in [-0.4, -0.2) is 29.6 Å². The van der Waals surface area contributed by atoms with Crippen LogP contribution in [0.25, 0.3) is 10.9 Å². The maximum absolute atomic E-state index is 12.2. The van der Waals surface area contributed by atoms with Gasteiger partial charge < -0.3 is 15.0 Å². The van der Waals surface area contributed by atoms with Crippen molar-refractivity contribution in [3.05, 3.63) is 36.0 Å². The van der Waals surface area contributed by atoms with Gasteiger partial charge >= 0.3 is 0 Å². The molecule has 1 aliphatic heterocycles. The van der Waals surface area contributed by atoms with Crippen LogP contribution < -0.4 is 5.32 Å². The first-order chi connectivity index (χ1) is 9.24. The van der Waals surface area contributed by atoms with Crippen LogP contribution in [0.5, 0.6) is 0 Å². The van der Waals surface area contributed by atoms with Crippen molar-refractivity contribution in [2.75, 3.05) is 6.61 Å². The predicted octanol–water partition coefficient (Wildman–Crippen LogP) is 2.47. The molecule has 0 saturated carbocycles. The zero-order chi connectivity index (χ0) is 13.2. The molecule has 1 fully saturated rings. The number of hydrogen-bond donors (Lipinski definition) is 2. The number of ether oxygens (including phenoxy) is 1. The molecule has 0 spiro atoms. The Bertz CT molecular complexity index is 552. The second kappa shape index (κ2) is 5.05. The Morgan fingerprint density at radius 1 is 1.47 bits per heavy atom. The molecule has 19 heavy (non-hydrogen) atoms. The van der Waals surface area contributed by atoms with Gasteiger partial charge in [0.2, 0.25) is 0 Å². The van der Waals surface area contributed by atoms with E-state index in [1.54, 1.807) is 0 Å². The molecule has 2 atom stereocenters. The molecule has 4 nitrogen and oxygen atoms in total. The number of aromatic nitrogens is 1. The van der Waals surface area contributed by atoms with Crippen molar-refractivity contribution in [3.8, 4) is 0 Å². The number of nitrogens with one attached hydrogen (secondary N) is 2. The summed E-state index contributed by atoms with van der Waals surface area (Å²) in [5, 5.41) is 4.06. The molecular weight excluding hydrogens is 240 g/mol. The minimum absolute atomic E-state index is 0.0430. The number of aromatic amines is 1. The monoisotopic (exact) mass is 258 g/mol. The summed E-state index contributed by atoms with van der Waals surface area (Å²) >= 11 is 0. The molecule has 4 heteroatoms. The summed E-state index contributed by atoms with van der Waals surface area (Å²) in [5.41, 5.74) is 1.59. The fraction of sp³-hybridized carbons (Fsp3) is 0.400. The lowest BCUT2D eigenvalue weighted by Gasteiger charge is -2.19. The van der Waals surface area contributed by atoms with Crippen LogP contribution in [0, 0.1) is 0 Å². The zero-order valence-electron chi connectivity index (χ0n) is 11.0. The largest absolute Gasteiger partial charge is 0.376 e. The molecule has 3 rings (SSSR count). The molecule has 1 aromatic heterocycles. The standard InChI is InChI=1S/C15H18N2O2/c1-10(14-7-4-8-19-14)16-15(18)13-9-11-5-2-3-6-12(11)17-13/h2-3,5-6,9-10,14,17H,4,7-8H2,1H3,(H,16,18). The topological polar surface area (TPSA) is 54.1 Å². The van der Waals surface area contributed by atoms with Crippen LogP contribution in [0.1, 0.15) is 30.3 Å². The van der Waals surface area contributed by atoms with E-state index in [1.807, 2.05) is 37.3 Å². The number of carbonyl (C=O) groups excluding carboxylic acids is 1. The summed E-state index contributed by atoms with van der Waals surface area (Å²) in [6.45, 7) is 2.80. The predicted molar refractivity (Wildman–Crippen MR) is 74.2 cm³/mol. The number of amides is 1. The van der Waals surface area contributed by atoms with E-state index in [0.29, 0.717) is 5.69 Å². The van der Waals surface area contributed by atoms with Gasteiger partial charge in [0, 0.05) is 17.5 Å². The molecule has 100 valence electrons.